The first-order valence-corrected chi connectivity index (χ1v) is 9.80. The van der Waals surface area contributed by atoms with Gasteiger partial charge in [-0.1, -0.05) is 41.9 Å². The van der Waals surface area contributed by atoms with Crippen LogP contribution in [-0.2, 0) is 22.4 Å². The smallest absolute Gasteiger partial charge is 0.242 e. The summed E-state index contributed by atoms with van der Waals surface area (Å²) in [7, 11) is 0. The van der Waals surface area contributed by atoms with Gasteiger partial charge in [0.2, 0.25) is 11.8 Å². The van der Waals surface area contributed by atoms with Crippen molar-refractivity contribution in [2.45, 2.75) is 19.3 Å². The zero-order valence-electron chi connectivity index (χ0n) is 15.9. The van der Waals surface area contributed by atoms with Gasteiger partial charge in [-0.25, -0.2) is 4.98 Å². The van der Waals surface area contributed by atoms with Gasteiger partial charge in [0.15, 0.2) is 11.7 Å². The van der Waals surface area contributed by atoms with Crippen LogP contribution in [0.1, 0.15) is 17.9 Å². The van der Waals surface area contributed by atoms with Crippen LogP contribution in [-0.4, -0.2) is 21.8 Å². The number of para-hydroxylation sites is 1. The third-order valence-corrected chi connectivity index (χ3v) is 4.96. The lowest BCUT2D eigenvalue weighted by molar-refractivity contribution is -0.128. The highest BCUT2D eigenvalue weighted by molar-refractivity contribution is 6.33. The number of nitrogens with one attached hydrogen (secondary N) is 3. The maximum absolute atomic E-state index is 12.1. The van der Waals surface area contributed by atoms with E-state index in [2.05, 4.69) is 20.8 Å². The molecule has 7 nitrogen and oxygen atoms in total. The van der Waals surface area contributed by atoms with Gasteiger partial charge in [0.25, 0.3) is 0 Å². The molecular weight excluding hydrogens is 404 g/mol. The fourth-order valence-electron chi connectivity index (χ4n) is 3.13. The number of aromatic amines is 1. The number of carbonyl (C=O) groups is 2. The Balaban J connectivity index is 1.25. The number of H-pyrrole nitrogens is 1. The Bertz CT molecular complexity index is 1200. The fraction of sp³-hybridized carbons (Fsp3) is 0.136. The number of halogens is 1. The molecule has 0 aliphatic rings. The minimum atomic E-state index is -0.334. The first-order valence-electron chi connectivity index (χ1n) is 9.42. The molecule has 2 amide bonds. The number of carbonyl (C=O) groups excluding carboxylic acids is 2. The molecular formula is C22H19ClN4O3. The number of hydrogen-bond acceptors (Lipinski definition) is 4. The van der Waals surface area contributed by atoms with Gasteiger partial charge in [-0.05, 0) is 23.8 Å². The zero-order chi connectivity index (χ0) is 20.9. The Morgan fingerprint density at radius 2 is 1.80 bits per heavy atom. The van der Waals surface area contributed by atoms with E-state index < -0.39 is 0 Å². The van der Waals surface area contributed by atoms with E-state index in [9.17, 15) is 9.59 Å². The van der Waals surface area contributed by atoms with Crippen LogP contribution in [0.3, 0.4) is 0 Å². The van der Waals surface area contributed by atoms with Gasteiger partial charge in [0, 0.05) is 35.5 Å². The van der Waals surface area contributed by atoms with Crippen LogP contribution in [0.15, 0.2) is 65.3 Å². The number of fused-ring (bicyclic) bond motifs is 1. The summed E-state index contributed by atoms with van der Waals surface area (Å²) in [6.07, 6.45) is 3.96. The molecule has 2 heterocycles. The number of benzene rings is 2. The molecule has 2 aromatic carbocycles. The van der Waals surface area contributed by atoms with Gasteiger partial charge in [0.05, 0.1) is 17.6 Å². The summed E-state index contributed by atoms with van der Waals surface area (Å²) in [4.78, 5) is 31.5. The van der Waals surface area contributed by atoms with Gasteiger partial charge >= 0.3 is 0 Å². The summed E-state index contributed by atoms with van der Waals surface area (Å²) in [6.45, 7) is 0. The highest BCUT2D eigenvalue weighted by atomic mass is 35.5. The maximum atomic E-state index is 12.1. The molecule has 0 aliphatic heterocycles. The molecule has 2 aromatic heterocycles. The molecule has 4 rings (SSSR count). The molecule has 8 heteroatoms. The Labute approximate surface area is 177 Å². The normalized spacial score (nSPS) is 10.8. The summed E-state index contributed by atoms with van der Waals surface area (Å²) in [6, 6.07) is 15.0. The Morgan fingerprint density at radius 1 is 1.03 bits per heavy atom. The van der Waals surface area contributed by atoms with Crippen molar-refractivity contribution in [3.8, 4) is 11.3 Å². The number of hydrazine groups is 1. The highest BCUT2D eigenvalue weighted by Gasteiger charge is 2.12. The standard InChI is InChI=1S/C22H19ClN4O3/c23-17-7-3-1-6-16(17)19-13-25-22(30-19)10-9-20(28)26-27-21(29)11-14-12-24-18-8-4-2-5-15(14)18/h1-8,12-13,24H,9-11H2,(H,26,28)(H,27,29). The number of rotatable bonds is 6. The molecule has 0 fully saturated rings. The summed E-state index contributed by atoms with van der Waals surface area (Å²) in [5.74, 6) is 0.332. The van der Waals surface area contributed by atoms with Crippen molar-refractivity contribution in [2.24, 2.45) is 0 Å². The number of hydrogen-bond donors (Lipinski definition) is 3. The van der Waals surface area contributed by atoms with Crippen molar-refractivity contribution in [3.05, 3.63) is 77.4 Å². The van der Waals surface area contributed by atoms with Crippen LogP contribution in [0.2, 0.25) is 5.02 Å². The number of aromatic nitrogens is 2. The number of nitrogens with zero attached hydrogens (tertiary/aromatic N) is 1. The van der Waals surface area contributed by atoms with Crippen LogP contribution < -0.4 is 10.9 Å². The summed E-state index contributed by atoms with van der Waals surface area (Å²) in [5.41, 5.74) is 7.43. The van der Waals surface area contributed by atoms with Gasteiger partial charge in [-0.2, -0.15) is 0 Å². The van der Waals surface area contributed by atoms with Gasteiger partial charge in [0.1, 0.15) is 0 Å². The Morgan fingerprint density at radius 3 is 2.67 bits per heavy atom. The first kappa shape index (κ1) is 19.7. The van der Waals surface area contributed by atoms with Crippen molar-refractivity contribution in [2.75, 3.05) is 0 Å². The number of oxazole rings is 1. The third-order valence-electron chi connectivity index (χ3n) is 4.63. The van der Waals surface area contributed by atoms with E-state index in [1.807, 2.05) is 42.5 Å². The van der Waals surface area contributed by atoms with Gasteiger partial charge < -0.3 is 9.40 Å². The quantitative estimate of drug-likeness (QED) is 0.411. The summed E-state index contributed by atoms with van der Waals surface area (Å²) in [5, 5.41) is 1.55. The molecule has 0 radical (unpaired) electrons. The van der Waals surface area contributed by atoms with E-state index in [0.717, 1.165) is 22.0 Å². The molecule has 0 saturated carbocycles. The summed E-state index contributed by atoms with van der Waals surface area (Å²) < 4.78 is 5.67. The van der Waals surface area contributed by atoms with Crippen LogP contribution >= 0.6 is 11.6 Å². The minimum absolute atomic E-state index is 0.121. The second kappa shape index (κ2) is 8.84. The monoisotopic (exact) mass is 422 g/mol. The molecule has 0 unspecified atom stereocenters. The lowest BCUT2D eigenvalue weighted by Gasteiger charge is -2.06. The van der Waals surface area contributed by atoms with Crippen LogP contribution in [0.4, 0.5) is 0 Å². The molecule has 3 N–H and O–H groups in total. The van der Waals surface area contributed by atoms with E-state index in [0.29, 0.717) is 23.1 Å². The van der Waals surface area contributed by atoms with E-state index in [4.69, 9.17) is 16.0 Å². The first-order chi connectivity index (χ1) is 14.6. The lowest BCUT2D eigenvalue weighted by atomic mass is 10.1. The molecule has 30 heavy (non-hydrogen) atoms. The average Bonchev–Trinajstić information content (AvgIpc) is 3.39. The van der Waals surface area contributed by atoms with Crippen molar-refractivity contribution in [1.29, 1.82) is 0 Å². The lowest BCUT2D eigenvalue weighted by Crippen LogP contribution is -2.42. The Hall–Kier alpha value is -3.58. The van der Waals surface area contributed by atoms with Gasteiger partial charge in [-0.3, -0.25) is 20.4 Å². The van der Waals surface area contributed by atoms with E-state index in [1.165, 1.54) is 0 Å². The fourth-order valence-corrected chi connectivity index (χ4v) is 3.36. The van der Waals surface area contributed by atoms with E-state index in [-0.39, 0.29) is 24.7 Å². The topological polar surface area (TPSA) is 100 Å². The SMILES string of the molecule is O=C(CCc1ncc(-c2ccccc2Cl)o1)NNC(=O)Cc1c[nH]c2ccccc12. The van der Waals surface area contributed by atoms with Crippen LogP contribution in [0, 0.1) is 0 Å². The molecule has 0 saturated heterocycles. The molecule has 0 bridgehead atoms. The van der Waals surface area contributed by atoms with Crippen molar-refractivity contribution in [1.82, 2.24) is 20.8 Å². The van der Waals surface area contributed by atoms with Crippen molar-refractivity contribution >= 4 is 34.3 Å². The van der Waals surface area contributed by atoms with E-state index in [1.54, 1.807) is 18.5 Å². The van der Waals surface area contributed by atoms with E-state index >= 15 is 0 Å². The second-order valence-corrected chi connectivity index (χ2v) is 7.14. The van der Waals surface area contributed by atoms with Crippen LogP contribution in [0.5, 0.6) is 0 Å². The van der Waals surface area contributed by atoms with Gasteiger partial charge in [-0.15, -0.1) is 0 Å². The largest absolute Gasteiger partial charge is 0.441 e. The third kappa shape index (κ3) is 4.52. The predicted octanol–water partition coefficient (Wildman–Crippen LogP) is 3.80. The zero-order valence-corrected chi connectivity index (χ0v) is 16.7. The Kier molecular flexibility index (Phi) is 5.81. The molecule has 0 aliphatic carbocycles. The highest BCUT2D eigenvalue weighted by Crippen LogP contribution is 2.28. The molecule has 0 atom stereocenters. The van der Waals surface area contributed by atoms with Crippen LogP contribution in [0.25, 0.3) is 22.2 Å². The molecule has 0 spiro atoms. The second-order valence-electron chi connectivity index (χ2n) is 6.73. The minimum Gasteiger partial charge on any atom is -0.441 e. The number of aryl methyl sites for hydroxylation is 1. The van der Waals surface area contributed by atoms with Crippen molar-refractivity contribution < 1.29 is 14.0 Å². The maximum Gasteiger partial charge on any atom is 0.242 e. The predicted molar refractivity (Wildman–Crippen MR) is 114 cm³/mol. The summed E-state index contributed by atoms with van der Waals surface area (Å²) >= 11 is 6.16. The van der Waals surface area contributed by atoms with Crippen molar-refractivity contribution in [3.63, 3.8) is 0 Å². The number of amides is 2. The molecule has 4 aromatic rings. The average molecular weight is 423 g/mol. The molecule has 152 valence electrons.